The Kier molecular flexibility index (Phi) is 4.95. The summed E-state index contributed by atoms with van der Waals surface area (Å²) in [4.78, 5) is 4.30. The van der Waals surface area contributed by atoms with Gasteiger partial charge in [0.15, 0.2) is 0 Å². The summed E-state index contributed by atoms with van der Waals surface area (Å²) >= 11 is 0. The van der Waals surface area contributed by atoms with E-state index < -0.39 is 0 Å². The van der Waals surface area contributed by atoms with E-state index in [1.807, 2.05) is 12.3 Å². The lowest BCUT2D eigenvalue weighted by molar-refractivity contribution is 0.622. The van der Waals surface area contributed by atoms with Crippen LogP contribution in [0.15, 0.2) is 36.7 Å². The van der Waals surface area contributed by atoms with Crippen LogP contribution < -0.4 is 5.32 Å². The van der Waals surface area contributed by atoms with E-state index >= 15 is 0 Å². The van der Waals surface area contributed by atoms with Crippen molar-refractivity contribution in [3.05, 3.63) is 48.0 Å². The van der Waals surface area contributed by atoms with Gasteiger partial charge in [0.05, 0.1) is 0 Å². The first kappa shape index (κ1) is 13.6. The summed E-state index contributed by atoms with van der Waals surface area (Å²) in [5.74, 6) is 0.717. The topological polar surface area (TPSA) is 29.9 Å². The van der Waals surface area contributed by atoms with E-state index in [9.17, 15) is 4.39 Å². The fourth-order valence-electron chi connectivity index (χ4n) is 1.98. The molecule has 0 radical (unpaired) electrons. The zero-order chi connectivity index (χ0) is 13.5. The maximum atomic E-state index is 13.1. The number of hydrogen-bond acceptors (Lipinski definition) is 2. The average molecular weight is 261 g/mol. The monoisotopic (exact) mass is 261 g/mol. The van der Waals surface area contributed by atoms with Crippen molar-refractivity contribution >= 4 is 5.95 Å². The highest BCUT2D eigenvalue weighted by atomic mass is 19.1. The molecule has 0 bridgehead atoms. The molecule has 1 aromatic heterocycles. The minimum atomic E-state index is -0.176. The van der Waals surface area contributed by atoms with Crippen molar-refractivity contribution in [3.63, 3.8) is 0 Å². The molecule has 2 rings (SSSR count). The van der Waals surface area contributed by atoms with Gasteiger partial charge >= 0.3 is 0 Å². The zero-order valence-corrected chi connectivity index (χ0v) is 11.3. The van der Waals surface area contributed by atoms with Crippen LogP contribution in [0.5, 0.6) is 0 Å². The molecule has 4 heteroatoms. The van der Waals surface area contributed by atoms with Gasteiger partial charge in [-0.05, 0) is 30.5 Å². The van der Waals surface area contributed by atoms with Gasteiger partial charge in [0.2, 0.25) is 5.95 Å². The van der Waals surface area contributed by atoms with Gasteiger partial charge in [0.25, 0.3) is 0 Å². The summed E-state index contributed by atoms with van der Waals surface area (Å²) in [6, 6.07) is 6.75. The molecular formula is C15H20FN3. The Hall–Kier alpha value is -1.84. The number of nitrogens with zero attached hydrogens (tertiary/aromatic N) is 2. The lowest BCUT2D eigenvalue weighted by Crippen LogP contribution is -2.09. The summed E-state index contributed by atoms with van der Waals surface area (Å²) < 4.78 is 15.2. The Morgan fingerprint density at radius 2 is 2.26 bits per heavy atom. The summed E-state index contributed by atoms with van der Waals surface area (Å²) in [5.41, 5.74) is 1.01. The first-order chi connectivity index (χ1) is 9.29. The second kappa shape index (κ2) is 6.92. The quantitative estimate of drug-likeness (QED) is 0.773. The van der Waals surface area contributed by atoms with Crippen LogP contribution in [0, 0.1) is 5.82 Å². The van der Waals surface area contributed by atoms with Gasteiger partial charge < -0.3 is 9.88 Å². The van der Waals surface area contributed by atoms with Crippen LogP contribution in [-0.4, -0.2) is 16.1 Å². The molecule has 0 spiro atoms. The van der Waals surface area contributed by atoms with Crippen LogP contribution in [0.2, 0.25) is 0 Å². The molecular weight excluding hydrogens is 241 g/mol. The van der Waals surface area contributed by atoms with Crippen molar-refractivity contribution < 1.29 is 4.39 Å². The number of benzene rings is 1. The van der Waals surface area contributed by atoms with Crippen molar-refractivity contribution in [2.24, 2.45) is 0 Å². The smallest absolute Gasteiger partial charge is 0.202 e. The summed E-state index contributed by atoms with van der Waals surface area (Å²) in [6.45, 7) is 3.91. The number of rotatable bonds is 7. The molecule has 0 amide bonds. The maximum absolute atomic E-state index is 13.1. The van der Waals surface area contributed by atoms with Gasteiger partial charge in [-0.15, -0.1) is 0 Å². The van der Waals surface area contributed by atoms with E-state index in [0.717, 1.165) is 43.9 Å². The van der Waals surface area contributed by atoms with E-state index in [0.29, 0.717) is 0 Å². The molecule has 0 atom stereocenters. The van der Waals surface area contributed by atoms with Crippen molar-refractivity contribution in [3.8, 4) is 0 Å². The molecule has 0 aliphatic heterocycles. The van der Waals surface area contributed by atoms with Crippen molar-refractivity contribution in [2.45, 2.75) is 32.7 Å². The molecule has 19 heavy (non-hydrogen) atoms. The van der Waals surface area contributed by atoms with E-state index in [1.54, 1.807) is 18.3 Å². The number of anilines is 1. The van der Waals surface area contributed by atoms with Gasteiger partial charge in [-0.2, -0.15) is 0 Å². The lowest BCUT2D eigenvalue weighted by Gasteiger charge is -2.09. The number of nitrogens with one attached hydrogen (secondary N) is 1. The van der Waals surface area contributed by atoms with E-state index in [4.69, 9.17) is 0 Å². The van der Waals surface area contributed by atoms with E-state index in [-0.39, 0.29) is 5.82 Å². The second-order valence-corrected chi connectivity index (χ2v) is 4.60. The van der Waals surface area contributed by atoms with Gasteiger partial charge in [0.1, 0.15) is 5.82 Å². The van der Waals surface area contributed by atoms with Gasteiger partial charge in [0, 0.05) is 25.5 Å². The third kappa shape index (κ3) is 4.09. The van der Waals surface area contributed by atoms with Crippen LogP contribution in [0.3, 0.4) is 0 Å². The first-order valence-electron chi connectivity index (χ1n) is 6.79. The zero-order valence-electron chi connectivity index (χ0n) is 11.3. The third-order valence-corrected chi connectivity index (χ3v) is 3.06. The molecule has 0 aliphatic carbocycles. The largest absolute Gasteiger partial charge is 0.356 e. The number of halogens is 1. The Balaban J connectivity index is 1.90. The Morgan fingerprint density at radius 3 is 3.05 bits per heavy atom. The molecule has 0 saturated carbocycles. The molecule has 1 aromatic carbocycles. The number of unbranched alkanes of at least 4 members (excludes halogenated alkanes) is 1. The number of aryl methyl sites for hydroxylation is 2. The summed E-state index contributed by atoms with van der Waals surface area (Å²) in [6.07, 6.45) is 6.85. The van der Waals surface area contributed by atoms with E-state index in [1.165, 1.54) is 6.07 Å². The second-order valence-electron chi connectivity index (χ2n) is 4.60. The molecule has 0 fully saturated rings. The minimum Gasteiger partial charge on any atom is -0.356 e. The average Bonchev–Trinajstić information content (AvgIpc) is 2.84. The fourth-order valence-corrected chi connectivity index (χ4v) is 1.98. The highest BCUT2D eigenvalue weighted by Gasteiger charge is 2.02. The molecule has 1 N–H and O–H groups in total. The van der Waals surface area contributed by atoms with Crippen LogP contribution in [0.4, 0.5) is 10.3 Å². The van der Waals surface area contributed by atoms with Crippen molar-refractivity contribution in [1.29, 1.82) is 0 Å². The molecule has 102 valence electrons. The molecule has 0 saturated heterocycles. The Morgan fingerprint density at radius 1 is 1.37 bits per heavy atom. The highest BCUT2D eigenvalue weighted by Crippen LogP contribution is 2.09. The number of imidazole rings is 1. The number of aromatic nitrogens is 2. The Bertz CT molecular complexity index is 508. The summed E-state index contributed by atoms with van der Waals surface area (Å²) in [7, 11) is 0. The highest BCUT2D eigenvalue weighted by molar-refractivity contribution is 5.26. The van der Waals surface area contributed by atoms with Crippen LogP contribution >= 0.6 is 0 Å². The predicted molar refractivity (Wildman–Crippen MR) is 75.7 cm³/mol. The van der Waals surface area contributed by atoms with Crippen molar-refractivity contribution in [2.75, 3.05) is 11.9 Å². The first-order valence-corrected chi connectivity index (χ1v) is 6.79. The normalized spacial score (nSPS) is 10.6. The molecule has 0 aliphatic rings. The Labute approximate surface area is 113 Å². The predicted octanol–water partition coefficient (Wildman–Crippen LogP) is 3.48. The SMILES string of the molecule is CCCCNc1nccn1CCc1cccc(F)c1. The van der Waals surface area contributed by atoms with Crippen LogP contribution in [0.1, 0.15) is 25.3 Å². The molecule has 0 unspecified atom stereocenters. The molecule has 3 nitrogen and oxygen atoms in total. The van der Waals surface area contributed by atoms with Crippen molar-refractivity contribution in [1.82, 2.24) is 9.55 Å². The van der Waals surface area contributed by atoms with E-state index in [2.05, 4.69) is 21.8 Å². The minimum absolute atomic E-state index is 0.176. The van der Waals surface area contributed by atoms with Crippen LogP contribution in [-0.2, 0) is 13.0 Å². The van der Waals surface area contributed by atoms with Crippen LogP contribution in [0.25, 0.3) is 0 Å². The lowest BCUT2D eigenvalue weighted by atomic mass is 10.1. The molecule has 2 aromatic rings. The van der Waals surface area contributed by atoms with Gasteiger partial charge in [-0.1, -0.05) is 25.5 Å². The summed E-state index contributed by atoms with van der Waals surface area (Å²) in [5, 5.41) is 3.32. The standard InChI is InChI=1S/C15H20FN3/c1-2-3-8-17-15-18-9-11-19(15)10-7-13-5-4-6-14(16)12-13/h4-6,9,11-12H,2-3,7-8,10H2,1H3,(H,17,18). The third-order valence-electron chi connectivity index (χ3n) is 3.06. The van der Waals surface area contributed by atoms with Gasteiger partial charge in [-0.25, -0.2) is 9.37 Å². The molecule has 1 heterocycles. The number of hydrogen-bond donors (Lipinski definition) is 1. The maximum Gasteiger partial charge on any atom is 0.202 e. The van der Waals surface area contributed by atoms with Gasteiger partial charge in [-0.3, -0.25) is 0 Å². The fraction of sp³-hybridized carbons (Fsp3) is 0.400.